The predicted octanol–water partition coefficient (Wildman–Crippen LogP) is 5.44. The Morgan fingerprint density at radius 2 is 1.94 bits per heavy atom. The van der Waals surface area contributed by atoms with Crippen LogP contribution in [0.3, 0.4) is 0 Å². The van der Waals surface area contributed by atoms with Gasteiger partial charge in [-0.3, -0.25) is 0 Å². The summed E-state index contributed by atoms with van der Waals surface area (Å²) in [7, 11) is 0. The fourth-order valence-corrected chi connectivity index (χ4v) is 6.46. The van der Waals surface area contributed by atoms with Crippen molar-refractivity contribution in [1.82, 2.24) is 4.90 Å². The number of aliphatic hydroxyl groups is 1. The zero-order valence-electron chi connectivity index (χ0n) is 18.9. The first-order chi connectivity index (χ1) is 16.0. The van der Waals surface area contributed by atoms with Gasteiger partial charge in [-0.05, 0) is 97.7 Å². The summed E-state index contributed by atoms with van der Waals surface area (Å²) in [5.74, 6) is 3.79. The molecule has 172 valence electrons. The lowest BCUT2D eigenvalue weighted by Crippen LogP contribution is -2.50. The zero-order valence-corrected chi connectivity index (χ0v) is 19.6. The van der Waals surface area contributed by atoms with E-state index >= 15 is 0 Å². The van der Waals surface area contributed by atoms with E-state index in [2.05, 4.69) is 47.7 Å². The number of carbonyl (C=O) groups is 1. The Bertz CT molecular complexity index is 1090. The summed E-state index contributed by atoms with van der Waals surface area (Å²) in [6.45, 7) is 1.56. The van der Waals surface area contributed by atoms with Crippen molar-refractivity contribution in [2.24, 2.45) is 5.92 Å². The second kappa shape index (κ2) is 9.05. The van der Waals surface area contributed by atoms with E-state index in [1.54, 1.807) is 4.90 Å². The molecule has 33 heavy (non-hydrogen) atoms. The molecule has 3 aliphatic rings. The van der Waals surface area contributed by atoms with Gasteiger partial charge < -0.3 is 14.7 Å². The molecule has 5 heteroatoms. The highest BCUT2D eigenvalue weighted by Gasteiger charge is 2.51. The molecular weight excluding hydrogens is 434 g/mol. The zero-order chi connectivity index (χ0) is 22.9. The van der Waals surface area contributed by atoms with Gasteiger partial charge in [-0.1, -0.05) is 42.3 Å². The fraction of sp³-hybridized carbons (Fsp3) is 0.464. The maximum atomic E-state index is 12.5. The number of fused-ring (bicyclic) bond motifs is 3. The van der Waals surface area contributed by atoms with Gasteiger partial charge in [0.1, 0.15) is 11.4 Å². The van der Waals surface area contributed by atoms with Crippen LogP contribution in [0.4, 0.5) is 4.79 Å². The van der Waals surface area contributed by atoms with Crippen LogP contribution in [0.2, 0.25) is 0 Å². The number of ether oxygens (including phenoxy) is 1. The molecule has 0 aromatic heterocycles. The summed E-state index contributed by atoms with van der Waals surface area (Å²) in [5, 5.41) is 13.5. The van der Waals surface area contributed by atoms with Gasteiger partial charge >= 0.3 is 6.09 Å². The smallest absolute Gasteiger partial charge is 0.410 e. The number of amides is 1. The number of nitrogens with zero attached hydrogens (tertiary/aromatic N) is 1. The van der Waals surface area contributed by atoms with E-state index in [-0.39, 0.29) is 11.5 Å². The first-order valence-corrected chi connectivity index (χ1v) is 12.4. The van der Waals surface area contributed by atoms with E-state index in [1.165, 1.54) is 16.7 Å². The van der Waals surface area contributed by atoms with Gasteiger partial charge in [0.15, 0.2) is 0 Å². The van der Waals surface area contributed by atoms with Crippen molar-refractivity contribution in [1.29, 1.82) is 0 Å². The summed E-state index contributed by atoms with van der Waals surface area (Å²) in [5.41, 5.74) is 2.78. The number of aryl methyl sites for hydroxylation is 1. The minimum atomic E-state index is -1.02. The largest absolute Gasteiger partial charge is 0.415 e. The Hall–Kier alpha value is -2.48. The van der Waals surface area contributed by atoms with Crippen molar-refractivity contribution in [3.63, 3.8) is 0 Å². The van der Waals surface area contributed by atoms with Crippen molar-refractivity contribution in [2.75, 3.05) is 13.1 Å². The summed E-state index contributed by atoms with van der Waals surface area (Å²) < 4.78 is 5.73. The highest BCUT2D eigenvalue weighted by atomic mass is 35.5. The lowest BCUT2D eigenvalue weighted by atomic mass is 9.52. The molecule has 3 atom stereocenters. The number of hydrogen-bond acceptors (Lipinski definition) is 3. The van der Waals surface area contributed by atoms with E-state index in [1.807, 2.05) is 12.1 Å². The van der Waals surface area contributed by atoms with E-state index in [0.29, 0.717) is 24.5 Å². The van der Waals surface area contributed by atoms with Gasteiger partial charge in [0, 0.05) is 23.9 Å². The summed E-state index contributed by atoms with van der Waals surface area (Å²) in [6, 6.07) is 16.8. The topological polar surface area (TPSA) is 49.8 Å². The third-order valence-electron chi connectivity index (χ3n) is 7.94. The molecule has 4 nitrogen and oxygen atoms in total. The maximum absolute atomic E-state index is 12.5. The summed E-state index contributed by atoms with van der Waals surface area (Å²) in [4.78, 5) is 14.3. The third-order valence-corrected chi connectivity index (χ3v) is 8.03. The van der Waals surface area contributed by atoms with Crippen molar-refractivity contribution in [2.45, 2.75) is 62.4 Å². The Labute approximate surface area is 200 Å². The van der Waals surface area contributed by atoms with E-state index < -0.39 is 5.60 Å². The van der Waals surface area contributed by atoms with E-state index in [9.17, 15) is 9.90 Å². The molecule has 0 spiro atoms. The molecule has 1 amide bonds. The molecule has 1 saturated heterocycles. The number of rotatable bonds is 3. The average molecular weight is 464 g/mol. The second-order valence-corrected chi connectivity index (χ2v) is 10.1. The molecule has 0 bridgehead atoms. The number of likely N-dealkylation sites (tertiary alicyclic amines) is 1. The molecule has 0 radical (unpaired) electrons. The van der Waals surface area contributed by atoms with Gasteiger partial charge in [0.2, 0.25) is 0 Å². The van der Waals surface area contributed by atoms with Crippen LogP contribution in [-0.4, -0.2) is 34.8 Å². The fourth-order valence-electron chi connectivity index (χ4n) is 6.28. The quantitative estimate of drug-likeness (QED) is 0.616. The number of benzene rings is 2. The Morgan fingerprint density at radius 3 is 2.70 bits per heavy atom. The SMILES string of the molecule is O=C(Oc1ccc2c(c1)CC[C@@H]1CC(O)(C#CCl)CC[C@@]21Cc1ccccc1)N1CCCC1. The number of carbonyl (C=O) groups excluding carboxylic acids is 1. The standard InChI is InChI=1S/C28H30ClNO3/c29-15-14-27(32)12-13-28(19-21-6-2-1-3-7-21)23(20-27)9-8-22-18-24(10-11-25(22)28)33-26(31)30-16-4-5-17-30/h1-3,6-7,10-11,18,23,32H,4-5,8-9,12-13,16-17,19-20H2/t23-,27?,28+/m1/s1. The molecule has 5 rings (SSSR count). The lowest BCUT2D eigenvalue weighted by molar-refractivity contribution is -0.00797. The van der Waals surface area contributed by atoms with Crippen LogP contribution in [-0.2, 0) is 18.3 Å². The Balaban J connectivity index is 1.47. The number of halogens is 1. The van der Waals surface area contributed by atoms with Crippen LogP contribution in [0.5, 0.6) is 5.75 Å². The van der Waals surface area contributed by atoms with Crippen LogP contribution in [0.15, 0.2) is 48.5 Å². The summed E-state index contributed by atoms with van der Waals surface area (Å²) >= 11 is 5.69. The molecule has 2 aliphatic carbocycles. The third kappa shape index (κ3) is 4.37. The molecule has 1 heterocycles. The molecule has 2 aromatic rings. The molecule has 1 N–H and O–H groups in total. The predicted molar refractivity (Wildman–Crippen MR) is 129 cm³/mol. The van der Waals surface area contributed by atoms with Crippen molar-refractivity contribution >= 4 is 17.7 Å². The van der Waals surface area contributed by atoms with Gasteiger partial charge in [-0.2, -0.15) is 0 Å². The van der Waals surface area contributed by atoms with Gasteiger partial charge in [0.25, 0.3) is 0 Å². The van der Waals surface area contributed by atoms with Gasteiger partial charge in [-0.25, -0.2) is 4.79 Å². The van der Waals surface area contributed by atoms with Crippen LogP contribution in [0, 0.1) is 17.2 Å². The first-order valence-electron chi connectivity index (χ1n) is 12.0. The van der Waals surface area contributed by atoms with Crippen molar-refractivity contribution < 1.29 is 14.6 Å². The van der Waals surface area contributed by atoms with Crippen molar-refractivity contribution in [3.8, 4) is 17.0 Å². The van der Waals surface area contributed by atoms with Crippen LogP contribution >= 0.6 is 11.6 Å². The second-order valence-electron chi connectivity index (χ2n) is 9.89. The van der Waals surface area contributed by atoms with Crippen LogP contribution in [0.1, 0.15) is 55.2 Å². The van der Waals surface area contributed by atoms with Crippen molar-refractivity contribution in [3.05, 3.63) is 65.2 Å². The minimum absolute atomic E-state index is 0.0767. The van der Waals surface area contributed by atoms with Gasteiger partial charge in [-0.15, -0.1) is 0 Å². The van der Waals surface area contributed by atoms with E-state index in [4.69, 9.17) is 16.3 Å². The monoisotopic (exact) mass is 463 g/mol. The molecular formula is C28H30ClNO3. The molecule has 1 aliphatic heterocycles. The Kier molecular flexibility index (Phi) is 6.12. The first kappa shape index (κ1) is 22.3. The van der Waals surface area contributed by atoms with Crippen LogP contribution < -0.4 is 4.74 Å². The Morgan fingerprint density at radius 1 is 1.15 bits per heavy atom. The average Bonchev–Trinajstić information content (AvgIpc) is 3.36. The van der Waals surface area contributed by atoms with E-state index in [0.717, 1.165) is 51.6 Å². The molecule has 1 saturated carbocycles. The highest BCUT2D eigenvalue weighted by Crippen LogP contribution is 2.54. The minimum Gasteiger partial charge on any atom is -0.410 e. The molecule has 1 unspecified atom stereocenters. The highest BCUT2D eigenvalue weighted by molar-refractivity contribution is 6.30. The maximum Gasteiger partial charge on any atom is 0.415 e. The normalized spacial score (nSPS) is 28.3. The summed E-state index contributed by atoms with van der Waals surface area (Å²) in [6.07, 6.45) is 6.70. The lowest BCUT2D eigenvalue weighted by Gasteiger charge is -2.52. The van der Waals surface area contributed by atoms with Crippen LogP contribution in [0.25, 0.3) is 0 Å². The molecule has 2 fully saturated rings. The number of hydrogen-bond donors (Lipinski definition) is 1. The molecule has 2 aromatic carbocycles. The van der Waals surface area contributed by atoms with Gasteiger partial charge in [0.05, 0.1) is 0 Å².